The molecule has 2 N–H and O–H groups in total. The Labute approximate surface area is 158 Å². The van der Waals surface area contributed by atoms with Gasteiger partial charge in [-0.2, -0.15) is 0 Å². The lowest BCUT2D eigenvalue weighted by Crippen LogP contribution is -2.28. The largest absolute Gasteiger partial charge is 0.383 e. The third kappa shape index (κ3) is 5.15. The molecule has 3 aromatic rings. The maximum absolute atomic E-state index is 12.5. The number of benzene rings is 3. The van der Waals surface area contributed by atoms with Crippen LogP contribution in [0.2, 0.25) is 0 Å². The summed E-state index contributed by atoms with van der Waals surface area (Å²) < 4.78 is 4.90. The van der Waals surface area contributed by atoms with Gasteiger partial charge in [-0.3, -0.25) is 9.59 Å². The average Bonchev–Trinajstić information content (AvgIpc) is 2.69. The molecule has 5 heteroatoms. The molecule has 0 aromatic heterocycles. The smallest absolute Gasteiger partial charge is 0.255 e. The monoisotopic (exact) mass is 362 g/mol. The first kappa shape index (κ1) is 18.6. The zero-order chi connectivity index (χ0) is 19.1. The number of rotatable bonds is 7. The maximum Gasteiger partial charge on any atom is 0.255 e. The number of methoxy groups -OCH3 is 1. The predicted molar refractivity (Wildman–Crippen MR) is 107 cm³/mol. The van der Waals surface area contributed by atoms with Crippen LogP contribution in [0.5, 0.6) is 0 Å². The number of carbonyl (C=O) groups excluding carboxylic acids is 2. The van der Waals surface area contributed by atoms with E-state index in [1.165, 1.54) is 0 Å². The number of nitrogens with one attached hydrogen (secondary N) is 2. The van der Waals surface area contributed by atoms with Crippen molar-refractivity contribution in [3.63, 3.8) is 0 Å². The van der Waals surface area contributed by atoms with E-state index in [9.17, 15) is 9.59 Å². The number of fused-ring (bicyclic) bond motifs is 1. The van der Waals surface area contributed by atoms with E-state index in [1.807, 2.05) is 54.6 Å². The summed E-state index contributed by atoms with van der Waals surface area (Å²) in [6, 6.07) is 20.8. The fourth-order valence-electron chi connectivity index (χ4n) is 2.78. The van der Waals surface area contributed by atoms with Gasteiger partial charge in [-0.15, -0.1) is 0 Å². The molecule has 0 aliphatic rings. The van der Waals surface area contributed by atoms with Crippen LogP contribution in [0.25, 0.3) is 10.8 Å². The molecule has 0 saturated heterocycles. The number of anilines is 1. The predicted octanol–water partition coefficient (Wildman–Crippen LogP) is 3.40. The van der Waals surface area contributed by atoms with Crippen molar-refractivity contribution in [3.8, 4) is 0 Å². The number of carbonyl (C=O) groups is 2. The molecule has 0 aliphatic carbocycles. The van der Waals surface area contributed by atoms with Gasteiger partial charge in [-0.1, -0.05) is 42.5 Å². The van der Waals surface area contributed by atoms with Crippen LogP contribution in [-0.2, 0) is 16.0 Å². The van der Waals surface area contributed by atoms with Crippen molar-refractivity contribution in [1.82, 2.24) is 5.32 Å². The van der Waals surface area contributed by atoms with Crippen LogP contribution < -0.4 is 10.6 Å². The highest BCUT2D eigenvalue weighted by molar-refractivity contribution is 6.06. The molecule has 0 radical (unpaired) electrons. The lowest BCUT2D eigenvalue weighted by Gasteiger charge is -2.08. The molecule has 3 aromatic carbocycles. The van der Waals surface area contributed by atoms with Crippen LogP contribution in [0.3, 0.4) is 0 Å². The zero-order valence-electron chi connectivity index (χ0n) is 15.2. The van der Waals surface area contributed by atoms with Crippen LogP contribution in [0.1, 0.15) is 15.9 Å². The molecule has 138 valence electrons. The van der Waals surface area contributed by atoms with Crippen LogP contribution >= 0.6 is 0 Å². The molecule has 5 nitrogen and oxygen atoms in total. The molecule has 3 rings (SSSR count). The highest BCUT2D eigenvalue weighted by Gasteiger charge is 2.08. The minimum absolute atomic E-state index is 0.0556. The summed E-state index contributed by atoms with van der Waals surface area (Å²) in [4.78, 5) is 24.3. The lowest BCUT2D eigenvalue weighted by molar-refractivity contribution is -0.120. The Morgan fingerprint density at radius 3 is 2.41 bits per heavy atom. The molecule has 27 heavy (non-hydrogen) atoms. The highest BCUT2D eigenvalue weighted by atomic mass is 16.5. The van der Waals surface area contributed by atoms with Crippen molar-refractivity contribution in [2.75, 3.05) is 25.6 Å². The summed E-state index contributed by atoms with van der Waals surface area (Å²) in [6.07, 6.45) is 0.294. The molecular weight excluding hydrogens is 340 g/mol. The summed E-state index contributed by atoms with van der Waals surface area (Å²) >= 11 is 0. The molecule has 0 heterocycles. The molecule has 0 atom stereocenters. The lowest BCUT2D eigenvalue weighted by atomic mass is 10.1. The number of amides is 2. The Morgan fingerprint density at radius 1 is 0.926 bits per heavy atom. The first-order valence-electron chi connectivity index (χ1n) is 8.80. The summed E-state index contributed by atoms with van der Waals surface area (Å²) in [5.74, 6) is -0.217. The molecule has 0 unspecified atom stereocenters. The Balaban J connectivity index is 1.60. The molecule has 2 amide bonds. The summed E-state index contributed by atoms with van der Waals surface area (Å²) in [6.45, 7) is 0.987. The van der Waals surface area contributed by atoms with Crippen molar-refractivity contribution in [2.24, 2.45) is 0 Å². The number of hydrogen-bond donors (Lipinski definition) is 2. The molecular formula is C22H22N2O3. The second-order valence-corrected chi connectivity index (χ2v) is 6.23. The van der Waals surface area contributed by atoms with Gasteiger partial charge in [-0.25, -0.2) is 0 Å². The molecule has 0 bridgehead atoms. The summed E-state index contributed by atoms with van der Waals surface area (Å²) in [5.41, 5.74) is 2.18. The van der Waals surface area contributed by atoms with Crippen molar-refractivity contribution in [2.45, 2.75) is 6.42 Å². The average molecular weight is 362 g/mol. The van der Waals surface area contributed by atoms with Crippen molar-refractivity contribution >= 4 is 28.3 Å². The van der Waals surface area contributed by atoms with Crippen LogP contribution in [-0.4, -0.2) is 32.1 Å². The Morgan fingerprint density at radius 2 is 1.67 bits per heavy atom. The fourth-order valence-corrected chi connectivity index (χ4v) is 2.78. The first-order valence-corrected chi connectivity index (χ1v) is 8.80. The fraction of sp³-hybridized carbons (Fsp3) is 0.182. The minimum atomic E-state index is -0.161. The van der Waals surface area contributed by atoms with Gasteiger partial charge >= 0.3 is 0 Å². The van der Waals surface area contributed by atoms with Gasteiger partial charge in [0.2, 0.25) is 5.91 Å². The van der Waals surface area contributed by atoms with Crippen LogP contribution in [0.15, 0.2) is 66.7 Å². The van der Waals surface area contributed by atoms with Gasteiger partial charge < -0.3 is 15.4 Å². The second-order valence-electron chi connectivity index (χ2n) is 6.23. The Bertz CT molecular complexity index is 936. The molecule has 0 aliphatic heterocycles. The molecule has 0 saturated carbocycles. The zero-order valence-corrected chi connectivity index (χ0v) is 15.2. The van der Waals surface area contributed by atoms with E-state index in [0.717, 1.165) is 16.3 Å². The van der Waals surface area contributed by atoms with Gasteiger partial charge in [0.15, 0.2) is 0 Å². The minimum Gasteiger partial charge on any atom is -0.383 e. The Hall–Kier alpha value is -3.18. The topological polar surface area (TPSA) is 67.4 Å². The van der Waals surface area contributed by atoms with E-state index in [4.69, 9.17) is 4.74 Å². The van der Waals surface area contributed by atoms with E-state index in [2.05, 4.69) is 10.6 Å². The van der Waals surface area contributed by atoms with E-state index in [0.29, 0.717) is 30.8 Å². The molecule has 0 fully saturated rings. The molecule has 0 spiro atoms. The quantitative estimate of drug-likeness (QED) is 0.633. The van der Waals surface area contributed by atoms with Crippen molar-refractivity contribution < 1.29 is 14.3 Å². The van der Waals surface area contributed by atoms with Crippen molar-refractivity contribution in [3.05, 3.63) is 77.9 Å². The van der Waals surface area contributed by atoms with E-state index in [-0.39, 0.29) is 11.8 Å². The standard InChI is InChI=1S/C22H22N2O3/c1-27-13-12-23-21(25)14-16-6-10-20(11-7-16)24-22(26)19-9-8-17-4-2-3-5-18(17)15-19/h2-11,15H,12-14H2,1H3,(H,23,25)(H,24,26). The normalized spacial score (nSPS) is 10.6. The third-order valence-corrected chi connectivity index (χ3v) is 4.22. The van der Waals surface area contributed by atoms with Crippen LogP contribution in [0, 0.1) is 0 Å². The highest BCUT2D eigenvalue weighted by Crippen LogP contribution is 2.17. The van der Waals surface area contributed by atoms with Gasteiger partial charge in [0.25, 0.3) is 5.91 Å². The van der Waals surface area contributed by atoms with Gasteiger partial charge in [0.05, 0.1) is 13.0 Å². The van der Waals surface area contributed by atoms with Gasteiger partial charge in [-0.05, 0) is 40.6 Å². The van der Waals surface area contributed by atoms with E-state index in [1.54, 1.807) is 19.2 Å². The van der Waals surface area contributed by atoms with E-state index >= 15 is 0 Å². The van der Waals surface area contributed by atoms with E-state index < -0.39 is 0 Å². The number of hydrogen-bond acceptors (Lipinski definition) is 3. The Kier molecular flexibility index (Phi) is 6.18. The third-order valence-electron chi connectivity index (χ3n) is 4.22. The number of ether oxygens (including phenoxy) is 1. The van der Waals surface area contributed by atoms with Gasteiger partial charge in [0.1, 0.15) is 0 Å². The van der Waals surface area contributed by atoms with Crippen molar-refractivity contribution in [1.29, 1.82) is 0 Å². The SMILES string of the molecule is COCCNC(=O)Cc1ccc(NC(=O)c2ccc3ccccc3c2)cc1. The van der Waals surface area contributed by atoms with Gasteiger partial charge in [0, 0.05) is 24.9 Å². The first-order chi connectivity index (χ1) is 13.2. The van der Waals surface area contributed by atoms with Crippen LogP contribution in [0.4, 0.5) is 5.69 Å². The second kappa shape index (κ2) is 8.96. The summed E-state index contributed by atoms with van der Waals surface area (Å²) in [5, 5.41) is 7.80. The maximum atomic E-state index is 12.5. The summed E-state index contributed by atoms with van der Waals surface area (Å²) in [7, 11) is 1.59.